The molecule has 2 rings (SSSR count). The summed E-state index contributed by atoms with van der Waals surface area (Å²) in [7, 11) is 0. The second kappa shape index (κ2) is 6.98. The number of carbonyl (C=O) groups is 1. The zero-order valence-corrected chi connectivity index (χ0v) is 13.2. The molecule has 0 aromatic heterocycles. The van der Waals surface area contributed by atoms with Crippen molar-refractivity contribution in [2.45, 2.75) is 33.3 Å². The SMILES string of the molecule is CC[C@H](Oc1cccc(C)c1)C(=O)Nc1cc(N)ccc1C. The Morgan fingerprint density at radius 2 is 2.00 bits per heavy atom. The Labute approximate surface area is 131 Å². The highest BCUT2D eigenvalue weighted by atomic mass is 16.5. The van der Waals surface area contributed by atoms with E-state index < -0.39 is 6.10 Å². The van der Waals surface area contributed by atoms with Crippen molar-refractivity contribution in [2.75, 3.05) is 11.1 Å². The van der Waals surface area contributed by atoms with E-state index in [1.807, 2.05) is 57.2 Å². The van der Waals surface area contributed by atoms with Gasteiger partial charge in [-0.2, -0.15) is 0 Å². The lowest BCUT2D eigenvalue weighted by Gasteiger charge is -2.18. The predicted molar refractivity (Wildman–Crippen MR) is 90.1 cm³/mol. The molecule has 0 fully saturated rings. The Bertz CT molecular complexity index is 668. The van der Waals surface area contributed by atoms with Gasteiger partial charge in [0.2, 0.25) is 0 Å². The Hall–Kier alpha value is -2.49. The summed E-state index contributed by atoms with van der Waals surface area (Å²) in [5.41, 5.74) is 9.17. The summed E-state index contributed by atoms with van der Waals surface area (Å²) in [5.74, 6) is 0.531. The third-order valence-corrected chi connectivity index (χ3v) is 3.45. The largest absolute Gasteiger partial charge is 0.481 e. The van der Waals surface area contributed by atoms with Gasteiger partial charge in [-0.25, -0.2) is 0 Å². The summed E-state index contributed by atoms with van der Waals surface area (Å²) < 4.78 is 5.81. The highest BCUT2D eigenvalue weighted by Gasteiger charge is 2.19. The van der Waals surface area contributed by atoms with Gasteiger partial charge >= 0.3 is 0 Å². The average Bonchev–Trinajstić information content (AvgIpc) is 2.48. The number of hydrogen-bond donors (Lipinski definition) is 2. The second-order valence-corrected chi connectivity index (χ2v) is 5.39. The Morgan fingerprint density at radius 1 is 1.23 bits per heavy atom. The smallest absolute Gasteiger partial charge is 0.265 e. The van der Waals surface area contributed by atoms with Crippen LogP contribution in [0.5, 0.6) is 5.75 Å². The molecule has 4 heteroatoms. The number of rotatable bonds is 5. The lowest BCUT2D eigenvalue weighted by Crippen LogP contribution is -2.32. The van der Waals surface area contributed by atoms with Crippen molar-refractivity contribution in [1.82, 2.24) is 0 Å². The third kappa shape index (κ3) is 4.01. The van der Waals surface area contributed by atoms with Gasteiger partial charge in [-0.1, -0.05) is 25.1 Å². The minimum Gasteiger partial charge on any atom is -0.481 e. The number of nitrogens with one attached hydrogen (secondary N) is 1. The van der Waals surface area contributed by atoms with Crippen molar-refractivity contribution in [3.8, 4) is 5.75 Å². The van der Waals surface area contributed by atoms with Gasteiger partial charge in [0, 0.05) is 11.4 Å². The molecule has 0 aliphatic carbocycles. The molecule has 0 aliphatic heterocycles. The molecule has 0 saturated heterocycles. The van der Waals surface area contributed by atoms with Gasteiger partial charge in [0.15, 0.2) is 6.10 Å². The van der Waals surface area contributed by atoms with E-state index in [0.717, 1.165) is 16.8 Å². The molecule has 1 amide bonds. The van der Waals surface area contributed by atoms with Crippen molar-refractivity contribution < 1.29 is 9.53 Å². The summed E-state index contributed by atoms with van der Waals surface area (Å²) >= 11 is 0. The Morgan fingerprint density at radius 3 is 2.68 bits per heavy atom. The molecule has 0 heterocycles. The van der Waals surface area contributed by atoms with E-state index in [4.69, 9.17) is 10.5 Å². The van der Waals surface area contributed by atoms with E-state index in [9.17, 15) is 4.79 Å². The number of amides is 1. The number of carbonyl (C=O) groups excluding carboxylic acids is 1. The first kappa shape index (κ1) is 15.9. The maximum atomic E-state index is 12.4. The lowest BCUT2D eigenvalue weighted by molar-refractivity contribution is -0.122. The molecule has 0 bridgehead atoms. The van der Waals surface area contributed by atoms with Crippen LogP contribution in [0.1, 0.15) is 24.5 Å². The van der Waals surface area contributed by atoms with E-state index in [0.29, 0.717) is 17.9 Å². The highest BCUT2D eigenvalue weighted by molar-refractivity contribution is 5.95. The van der Waals surface area contributed by atoms with Crippen molar-refractivity contribution >= 4 is 17.3 Å². The molecule has 116 valence electrons. The summed E-state index contributed by atoms with van der Waals surface area (Å²) in [6.45, 7) is 5.84. The zero-order valence-electron chi connectivity index (χ0n) is 13.2. The van der Waals surface area contributed by atoms with E-state index >= 15 is 0 Å². The number of hydrogen-bond acceptors (Lipinski definition) is 3. The topological polar surface area (TPSA) is 64.3 Å². The Balaban J connectivity index is 2.10. The van der Waals surface area contributed by atoms with Crippen LogP contribution in [0.25, 0.3) is 0 Å². The van der Waals surface area contributed by atoms with E-state index in [1.165, 1.54) is 0 Å². The van der Waals surface area contributed by atoms with Crippen molar-refractivity contribution in [3.05, 3.63) is 53.6 Å². The Kier molecular flexibility index (Phi) is 5.04. The normalized spacial score (nSPS) is 11.8. The van der Waals surface area contributed by atoms with Crippen LogP contribution >= 0.6 is 0 Å². The number of ether oxygens (including phenoxy) is 1. The van der Waals surface area contributed by atoms with Crippen LogP contribution in [0.4, 0.5) is 11.4 Å². The molecule has 0 aliphatic rings. The van der Waals surface area contributed by atoms with Crippen LogP contribution in [0, 0.1) is 13.8 Å². The zero-order chi connectivity index (χ0) is 16.1. The van der Waals surface area contributed by atoms with Gasteiger partial charge in [-0.3, -0.25) is 4.79 Å². The van der Waals surface area contributed by atoms with Crippen molar-refractivity contribution in [1.29, 1.82) is 0 Å². The van der Waals surface area contributed by atoms with Gasteiger partial charge in [0.1, 0.15) is 5.75 Å². The average molecular weight is 298 g/mol. The molecule has 2 aromatic carbocycles. The van der Waals surface area contributed by atoms with Gasteiger partial charge < -0.3 is 15.8 Å². The predicted octanol–water partition coefficient (Wildman–Crippen LogP) is 3.68. The van der Waals surface area contributed by atoms with Gasteiger partial charge in [0.05, 0.1) is 0 Å². The molecule has 22 heavy (non-hydrogen) atoms. The van der Waals surface area contributed by atoms with Crippen LogP contribution in [0.15, 0.2) is 42.5 Å². The van der Waals surface area contributed by atoms with Crippen LogP contribution in [0.3, 0.4) is 0 Å². The lowest BCUT2D eigenvalue weighted by atomic mass is 10.1. The molecule has 1 atom stereocenters. The van der Waals surface area contributed by atoms with Crippen molar-refractivity contribution in [2.24, 2.45) is 0 Å². The van der Waals surface area contributed by atoms with Gasteiger partial charge in [-0.05, 0) is 55.7 Å². The van der Waals surface area contributed by atoms with E-state index in [1.54, 1.807) is 6.07 Å². The van der Waals surface area contributed by atoms with Crippen LogP contribution in [-0.4, -0.2) is 12.0 Å². The quantitative estimate of drug-likeness (QED) is 0.828. The molecular formula is C18H22N2O2. The summed E-state index contributed by atoms with van der Waals surface area (Å²) in [4.78, 5) is 12.4. The number of aryl methyl sites for hydroxylation is 2. The minimum absolute atomic E-state index is 0.169. The van der Waals surface area contributed by atoms with E-state index in [-0.39, 0.29) is 5.91 Å². The maximum Gasteiger partial charge on any atom is 0.265 e. The second-order valence-electron chi connectivity index (χ2n) is 5.39. The number of nitrogens with two attached hydrogens (primary N) is 1. The molecule has 0 spiro atoms. The summed E-state index contributed by atoms with van der Waals surface area (Å²) in [6.07, 6.45) is 0.0452. The van der Waals surface area contributed by atoms with E-state index in [2.05, 4.69) is 5.32 Å². The monoisotopic (exact) mass is 298 g/mol. The standard InChI is InChI=1S/C18H22N2O2/c1-4-17(22-15-7-5-6-12(2)10-15)18(21)20-16-11-14(19)9-8-13(16)3/h5-11,17H,4,19H2,1-3H3,(H,20,21)/t17-/m0/s1. The fourth-order valence-corrected chi connectivity index (χ4v) is 2.16. The number of benzene rings is 2. The first-order valence-corrected chi connectivity index (χ1v) is 7.40. The number of anilines is 2. The molecule has 4 nitrogen and oxygen atoms in total. The van der Waals surface area contributed by atoms with Crippen molar-refractivity contribution in [3.63, 3.8) is 0 Å². The van der Waals surface area contributed by atoms with Gasteiger partial charge in [0.25, 0.3) is 5.91 Å². The third-order valence-electron chi connectivity index (χ3n) is 3.45. The maximum absolute atomic E-state index is 12.4. The molecular weight excluding hydrogens is 276 g/mol. The summed E-state index contributed by atoms with van der Waals surface area (Å²) in [5, 5.41) is 2.89. The summed E-state index contributed by atoms with van der Waals surface area (Å²) in [6, 6.07) is 13.1. The van der Waals surface area contributed by atoms with Crippen LogP contribution in [0.2, 0.25) is 0 Å². The molecule has 3 N–H and O–H groups in total. The van der Waals surface area contributed by atoms with Crippen LogP contribution < -0.4 is 15.8 Å². The first-order chi connectivity index (χ1) is 10.5. The molecule has 0 saturated carbocycles. The number of nitrogen functional groups attached to an aromatic ring is 1. The molecule has 2 aromatic rings. The molecule has 0 unspecified atom stereocenters. The fraction of sp³-hybridized carbons (Fsp3) is 0.278. The first-order valence-electron chi connectivity index (χ1n) is 7.40. The fourth-order valence-electron chi connectivity index (χ4n) is 2.16. The van der Waals surface area contributed by atoms with Gasteiger partial charge in [-0.15, -0.1) is 0 Å². The minimum atomic E-state index is -0.539. The highest BCUT2D eigenvalue weighted by Crippen LogP contribution is 2.20. The molecule has 0 radical (unpaired) electrons. The van der Waals surface area contributed by atoms with Crippen LogP contribution in [-0.2, 0) is 4.79 Å².